The Bertz CT molecular complexity index is 535. The van der Waals surface area contributed by atoms with Crippen LogP contribution in [0.2, 0.25) is 0 Å². The fourth-order valence-corrected chi connectivity index (χ4v) is 1.80. The maximum Gasteiger partial charge on any atom is 0.255 e. The maximum absolute atomic E-state index is 10.6. The fraction of sp³-hybridized carbons (Fsp3) is 0.0714. The van der Waals surface area contributed by atoms with Gasteiger partial charge >= 0.3 is 0 Å². The van der Waals surface area contributed by atoms with Crippen LogP contribution in [0.3, 0.4) is 0 Å². The number of rotatable bonds is 4. The molecule has 2 aromatic rings. The third-order valence-corrected chi connectivity index (χ3v) is 2.94. The molecule has 0 bridgehead atoms. The van der Waals surface area contributed by atoms with Gasteiger partial charge in [0.1, 0.15) is 5.75 Å². The van der Waals surface area contributed by atoms with Gasteiger partial charge in [0.05, 0.1) is 0 Å². The summed E-state index contributed by atoms with van der Waals surface area (Å²) in [7, 11) is 0. The molecule has 0 saturated heterocycles. The topological polar surface area (TPSA) is 52.3 Å². The molecular formula is C14H12BrNO2. The summed E-state index contributed by atoms with van der Waals surface area (Å²) in [4.78, 5) is 10.6. The van der Waals surface area contributed by atoms with Crippen LogP contribution in [0.4, 0.5) is 0 Å². The molecule has 0 aliphatic heterocycles. The molecule has 0 atom stereocenters. The first-order chi connectivity index (χ1) is 8.65. The number of ether oxygens (including phenoxy) is 1. The molecule has 0 heterocycles. The van der Waals surface area contributed by atoms with Crippen LogP contribution in [0.1, 0.15) is 0 Å². The molecule has 2 aromatic carbocycles. The summed E-state index contributed by atoms with van der Waals surface area (Å²) in [5.41, 5.74) is 7.22. The lowest BCUT2D eigenvalue weighted by Gasteiger charge is -2.05. The fourth-order valence-electron chi connectivity index (χ4n) is 1.54. The number of nitrogens with two attached hydrogens (primary N) is 1. The Kier molecular flexibility index (Phi) is 3.99. The number of hydrogen-bond acceptors (Lipinski definition) is 2. The van der Waals surface area contributed by atoms with Gasteiger partial charge in [0.15, 0.2) is 6.61 Å². The molecule has 0 aliphatic rings. The monoisotopic (exact) mass is 305 g/mol. The summed E-state index contributed by atoms with van der Waals surface area (Å²) in [6, 6.07) is 15.6. The maximum atomic E-state index is 10.6. The van der Waals surface area contributed by atoms with E-state index in [9.17, 15) is 4.79 Å². The van der Waals surface area contributed by atoms with E-state index in [-0.39, 0.29) is 6.61 Å². The minimum atomic E-state index is -0.480. The lowest BCUT2D eigenvalue weighted by molar-refractivity contribution is -0.119. The van der Waals surface area contributed by atoms with Gasteiger partial charge in [-0.1, -0.05) is 40.2 Å². The summed E-state index contributed by atoms with van der Waals surface area (Å²) in [6.45, 7) is -0.0996. The van der Waals surface area contributed by atoms with Crippen LogP contribution in [0, 0.1) is 0 Å². The Morgan fingerprint density at radius 1 is 1.00 bits per heavy atom. The van der Waals surface area contributed by atoms with Gasteiger partial charge in [0, 0.05) is 4.47 Å². The number of amides is 1. The van der Waals surface area contributed by atoms with Gasteiger partial charge in [-0.25, -0.2) is 0 Å². The molecule has 4 heteroatoms. The van der Waals surface area contributed by atoms with Gasteiger partial charge in [0.25, 0.3) is 5.91 Å². The lowest BCUT2D eigenvalue weighted by atomic mass is 10.1. The van der Waals surface area contributed by atoms with Crippen LogP contribution in [-0.4, -0.2) is 12.5 Å². The Morgan fingerprint density at radius 3 is 2.00 bits per heavy atom. The Labute approximate surface area is 114 Å². The van der Waals surface area contributed by atoms with Crippen LogP contribution < -0.4 is 10.5 Å². The zero-order valence-electron chi connectivity index (χ0n) is 9.60. The quantitative estimate of drug-likeness (QED) is 0.944. The van der Waals surface area contributed by atoms with Gasteiger partial charge < -0.3 is 10.5 Å². The van der Waals surface area contributed by atoms with E-state index in [4.69, 9.17) is 10.5 Å². The molecule has 2 rings (SSSR count). The van der Waals surface area contributed by atoms with E-state index in [0.717, 1.165) is 15.6 Å². The van der Waals surface area contributed by atoms with Crippen molar-refractivity contribution >= 4 is 21.8 Å². The average molecular weight is 306 g/mol. The third-order valence-electron chi connectivity index (χ3n) is 2.41. The zero-order valence-corrected chi connectivity index (χ0v) is 11.2. The lowest BCUT2D eigenvalue weighted by Crippen LogP contribution is -2.19. The summed E-state index contributed by atoms with van der Waals surface area (Å²) in [5, 5.41) is 0. The molecule has 3 nitrogen and oxygen atoms in total. The summed E-state index contributed by atoms with van der Waals surface area (Å²) in [6.07, 6.45) is 0. The van der Waals surface area contributed by atoms with E-state index in [2.05, 4.69) is 15.9 Å². The molecule has 2 N–H and O–H groups in total. The first-order valence-electron chi connectivity index (χ1n) is 5.42. The highest BCUT2D eigenvalue weighted by atomic mass is 79.9. The molecule has 0 unspecified atom stereocenters. The van der Waals surface area contributed by atoms with E-state index >= 15 is 0 Å². The van der Waals surface area contributed by atoms with Crippen LogP contribution in [0.5, 0.6) is 5.75 Å². The van der Waals surface area contributed by atoms with E-state index in [1.165, 1.54) is 0 Å². The van der Waals surface area contributed by atoms with Crippen molar-refractivity contribution < 1.29 is 9.53 Å². The van der Waals surface area contributed by atoms with Gasteiger partial charge in [-0.05, 0) is 35.4 Å². The number of halogens is 1. The number of carbonyl (C=O) groups is 1. The molecule has 0 aliphatic carbocycles. The highest BCUT2D eigenvalue weighted by molar-refractivity contribution is 9.10. The van der Waals surface area contributed by atoms with Crippen molar-refractivity contribution in [2.45, 2.75) is 0 Å². The first kappa shape index (κ1) is 12.6. The molecule has 0 spiro atoms. The zero-order chi connectivity index (χ0) is 13.0. The van der Waals surface area contributed by atoms with Crippen LogP contribution in [0.15, 0.2) is 53.0 Å². The molecule has 0 aromatic heterocycles. The molecular weight excluding hydrogens is 294 g/mol. The van der Waals surface area contributed by atoms with Crippen molar-refractivity contribution in [3.63, 3.8) is 0 Å². The van der Waals surface area contributed by atoms with Crippen LogP contribution in [-0.2, 0) is 4.79 Å². The molecule has 0 fully saturated rings. The Hall–Kier alpha value is -1.81. The van der Waals surface area contributed by atoms with E-state index < -0.39 is 5.91 Å². The van der Waals surface area contributed by atoms with Gasteiger partial charge in [-0.15, -0.1) is 0 Å². The van der Waals surface area contributed by atoms with Gasteiger partial charge in [-0.2, -0.15) is 0 Å². The molecule has 0 radical (unpaired) electrons. The predicted molar refractivity (Wildman–Crippen MR) is 74.3 cm³/mol. The van der Waals surface area contributed by atoms with E-state index in [1.54, 1.807) is 0 Å². The van der Waals surface area contributed by atoms with Crippen LogP contribution in [0.25, 0.3) is 11.1 Å². The molecule has 18 heavy (non-hydrogen) atoms. The van der Waals surface area contributed by atoms with Gasteiger partial charge in [-0.3, -0.25) is 4.79 Å². The molecule has 92 valence electrons. The van der Waals surface area contributed by atoms with E-state index in [1.807, 2.05) is 48.5 Å². The number of benzene rings is 2. The predicted octanol–water partition coefficient (Wildman–Crippen LogP) is 2.98. The highest BCUT2D eigenvalue weighted by Gasteiger charge is 2.00. The summed E-state index contributed by atoms with van der Waals surface area (Å²) < 4.78 is 6.24. The largest absolute Gasteiger partial charge is 0.484 e. The highest BCUT2D eigenvalue weighted by Crippen LogP contribution is 2.23. The molecule has 1 amide bonds. The summed E-state index contributed by atoms with van der Waals surface area (Å²) in [5.74, 6) is 0.154. The van der Waals surface area contributed by atoms with Crippen molar-refractivity contribution in [3.05, 3.63) is 53.0 Å². The van der Waals surface area contributed by atoms with Crippen molar-refractivity contribution in [2.24, 2.45) is 5.73 Å². The second kappa shape index (κ2) is 5.69. The summed E-state index contributed by atoms with van der Waals surface area (Å²) >= 11 is 3.40. The van der Waals surface area contributed by atoms with Crippen molar-refractivity contribution in [1.29, 1.82) is 0 Å². The Balaban J connectivity index is 2.12. The van der Waals surface area contributed by atoms with Crippen molar-refractivity contribution in [2.75, 3.05) is 6.61 Å². The van der Waals surface area contributed by atoms with Crippen molar-refractivity contribution in [3.8, 4) is 16.9 Å². The minimum absolute atomic E-state index is 0.0996. The van der Waals surface area contributed by atoms with Crippen molar-refractivity contribution in [1.82, 2.24) is 0 Å². The minimum Gasteiger partial charge on any atom is -0.484 e. The third kappa shape index (κ3) is 3.34. The second-order valence-electron chi connectivity index (χ2n) is 3.79. The SMILES string of the molecule is NC(=O)COc1ccc(-c2ccc(Br)cc2)cc1. The van der Waals surface area contributed by atoms with Crippen LogP contribution >= 0.6 is 15.9 Å². The van der Waals surface area contributed by atoms with E-state index in [0.29, 0.717) is 5.75 Å². The average Bonchev–Trinajstić information content (AvgIpc) is 2.38. The number of carbonyl (C=O) groups excluding carboxylic acids is 1. The second-order valence-corrected chi connectivity index (χ2v) is 4.70. The first-order valence-corrected chi connectivity index (χ1v) is 6.21. The van der Waals surface area contributed by atoms with Gasteiger partial charge in [0.2, 0.25) is 0 Å². The Morgan fingerprint density at radius 2 is 1.50 bits per heavy atom. The molecule has 0 saturated carbocycles. The smallest absolute Gasteiger partial charge is 0.255 e. The normalized spacial score (nSPS) is 10.1. The number of primary amides is 1. The number of hydrogen-bond donors (Lipinski definition) is 1. The standard InChI is InChI=1S/C14H12BrNO2/c15-12-5-1-10(2-6-12)11-3-7-13(8-4-11)18-9-14(16)17/h1-8H,9H2,(H2,16,17).